The molecule has 11 heteroatoms. The molecule has 1 N–H and O–H groups in total. The molecule has 0 saturated carbocycles. The highest BCUT2D eigenvalue weighted by atomic mass is 35.5. The van der Waals surface area contributed by atoms with E-state index in [4.69, 9.17) is 34.8 Å². The summed E-state index contributed by atoms with van der Waals surface area (Å²) in [4.78, 5) is 28.3. The zero-order valence-corrected chi connectivity index (χ0v) is 25.1. The predicted octanol–water partition coefficient (Wildman–Crippen LogP) is 6.09. The summed E-state index contributed by atoms with van der Waals surface area (Å²) in [6, 6.07) is 16.3. The summed E-state index contributed by atoms with van der Waals surface area (Å²) < 4.78 is 28.7. The maximum Gasteiger partial charge on any atom is 0.264 e. The quantitative estimate of drug-likeness (QED) is 0.301. The number of carbonyl (C=O) groups is 2. The van der Waals surface area contributed by atoms with Crippen molar-refractivity contribution in [3.63, 3.8) is 0 Å². The van der Waals surface area contributed by atoms with E-state index in [9.17, 15) is 18.0 Å². The number of halogens is 3. The highest BCUT2D eigenvalue weighted by Crippen LogP contribution is 2.30. The van der Waals surface area contributed by atoms with E-state index in [1.165, 1.54) is 17.0 Å². The maximum absolute atomic E-state index is 13.9. The van der Waals surface area contributed by atoms with Crippen LogP contribution in [0.15, 0.2) is 71.6 Å². The molecule has 39 heavy (non-hydrogen) atoms. The molecule has 0 heterocycles. The van der Waals surface area contributed by atoms with E-state index >= 15 is 0 Å². The van der Waals surface area contributed by atoms with Crippen LogP contribution in [0.5, 0.6) is 0 Å². The predicted molar refractivity (Wildman–Crippen MR) is 157 cm³/mol. The first-order valence-electron chi connectivity index (χ1n) is 12.2. The fraction of sp³-hybridized carbons (Fsp3) is 0.286. The van der Waals surface area contributed by atoms with Gasteiger partial charge in [-0.05, 0) is 81.3 Å². The standard InChI is InChI=1S/C28H30Cl3N3O4S/c1-18(2)32-28(36)20(4)33(16-21-10-11-23(30)15-25(21)31)27(35)17-34(26-13-12-22(29)14-19(26)3)39(37,38)24-8-6-5-7-9-24/h5-15,18,20H,16-17H2,1-4H3,(H,32,36)/t20-/m1/s1. The summed E-state index contributed by atoms with van der Waals surface area (Å²) in [7, 11) is -4.17. The Morgan fingerprint density at radius 2 is 1.51 bits per heavy atom. The lowest BCUT2D eigenvalue weighted by Gasteiger charge is -2.33. The Labute approximate surface area is 244 Å². The molecule has 0 unspecified atom stereocenters. The Kier molecular flexibility index (Phi) is 10.3. The molecule has 0 aliphatic heterocycles. The van der Waals surface area contributed by atoms with Gasteiger partial charge in [0.25, 0.3) is 10.0 Å². The van der Waals surface area contributed by atoms with Crippen molar-refractivity contribution in [2.75, 3.05) is 10.8 Å². The van der Waals surface area contributed by atoms with Crippen LogP contribution in [0.1, 0.15) is 31.9 Å². The Bertz CT molecular complexity index is 1450. The molecule has 7 nitrogen and oxygen atoms in total. The second kappa shape index (κ2) is 13.0. The molecule has 0 saturated heterocycles. The fourth-order valence-electron chi connectivity index (χ4n) is 3.95. The van der Waals surface area contributed by atoms with Crippen LogP contribution in [-0.4, -0.2) is 43.8 Å². The zero-order chi connectivity index (χ0) is 28.9. The number of anilines is 1. The summed E-state index contributed by atoms with van der Waals surface area (Å²) >= 11 is 18.6. The molecule has 208 valence electrons. The van der Waals surface area contributed by atoms with Crippen molar-refractivity contribution in [2.24, 2.45) is 0 Å². The van der Waals surface area contributed by atoms with E-state index in [0.29, 0.717) is 31.9 Å². The van der Waals surface area contributed by atoms with E-state index in [0.717, 1.165) is 4.31 Å². The van der Waals surface area contributed by atoms with Crippen LogP contribution in [0.2, 0.25) is 15.1 Å². The molecule has 0 radical (unpaired) electrons. The van der Waals surface area contributed by atoms with E-state index in [2.05, 4.69) is 5.32 Å². The first kappa shape index (κ1) is 30.8. The van der Waals surface area contributed by atoms with Gasteiger partial charge in [0.05, 0.1) is 10.6 Å². The van der Waals surface area contributed by atoms with Crippen LogP contribution < -0.4 is 9.62 Å². The minimum atomic E-state index is -4.17. The van der Waals surface area contributed by atoms with Crippen LogP contribution >= 0.6 is 34.8 Å². The largest absolute Gasteiger partial charge is 0.352 e. The molecule has 0 fully saturated rings. The number of hydrogen-bond donors (Lipinski definition) is 1. The number of nitrogens with one attached hydrogen (secondary N) is 1. The first-order valence-corrected chi connectivity index (χ1v) is 14.8. The first-order chi connectivity index (χ1) is 18.3. The average Bonchev–Trinajstić information content (AvgIpc) is 2.87. The molecule has 3 rings (SSSR count). The molecule has 0 aliphatic carbocycles. The fourth-order valence-corrected chi connectivity index (χ4v) is 6.15. The van der Waals surface area contributed by atoms with Gasteiger partial charge in [0.15, 0.2) is 0 Å². The van der Waals surface area contributed by atoms with Gasteiger partial charge >= 0.3 is 0 Å². The van der Waals surface area contributed by atoms with Gasteiger partial charge in [-0.2, -0.15) is 0 Å². The van der Waals surface area contributed by atoms with E-state index in [1.807, 2.05) is 13.8 Å². The van der Waals surface area contributed by atoms with Crippen molar-refractivity contribution in [1.29, 1.82) is 0 Å². The lowest BCUT2D eigenvalue weighted by atomic mass is 10.1. The Balaban J connectivity index is 2.08. The molecule has 3 aromatic carbocycles. The number of hydrogen-bond acceptors (Lipinski definition) is 4. The molecular formula is C28H30Cl3N3O4S. The van der Waals surface area contributed by atoms with Gasteiger partial charge in [-0.3, -0.25) is 13.9 Å². The lowest BCUT2D eigenvalue weighted by Crippen LogP contribution is -2.52. The number of nitrogens with zero attached hydrogens (tertiary/aromatic N) is 2. The molecule has 1 atom stereocenters. The molecular weight excluding hydrogens is 581 g/mol. The Hall–Kier alpha value is -2.78. The van der Waals surface area contributed by atoms with Crippen molar-refractivity contribution in [3.05, 3.63) is 92.9 Å². The second-order valence-electron chi connectivity index (χ2n) is 9.35. The number of benzene rings is 3. The molecule has 2 amide bonds. The summed E-state index contributed by atoms with van der Waals surface area (Å²) in [6.07, 6.45) is 0. The highest BCUT2D eigenvalue weighted by Gasteiger charge is 2.33. The van der Waals surface area contributed by atoms with Crippen LogP contribution in [0.4, 0.5) is 5.69 Å². The summed E-state index contributed by atoms with van der Waals surface area (Å²) in [5.41, 5.74) is 1.41. The van der Waals surface area contributed by atoms with Crippen molar-refractivity contribution >= 4 is 62.3 Å². The number of carbonyl (C=O) groups excluding carboxylic acids is 2. The van der Waals surface area contributed by atoms with Crippen molar-refractivity contribution in [2.45, 2.75) is 51.2 Å². The van der Waals surface area contributed by atoms with Crippen molar-refractivity contribution in [3.8, 4) is 0 Å². The number of amides is 2. The summed E-state index contributed by atoms with van der Waals surface area (Å²) in [5.74, 6) is -0.982. The number of rotatable bonds is 10. The van der Waals surface area contributed by atoms with Gasteiger partial charge in [-0.15, -0.1) is 0 Å². The summed E-state index contributed by atoms with van der Waals surface area (Å²) in [6.45, 7) is 6.31. The van der Waals surface area contributed by atoms with E-state index in [1.54, 1.807) is 68.4 Å². The topological polar surface area (TPSA) is 86.8 Å². The lowest BCUT2D eigenvalue weighted by molar-refractivity contribution is -0.139. The number of aryl methyl sites for hydroxylation is 1. The van der Waals surface area contributed by atoms with Gasteiger partial charge in [0.1, 0.15) is 12.6 Å². The molecule has 0 bridgehead atoms. The van der Waals surface area contributed by atoms with Crippen molar-refractivity contribution < 1.29 is 18.0 Å². The maximum atomic E-state index is 13.9. The van der Waals surface area contributed by atoms with Crippen molar-refractivity contribution in [1.82, 2.24) is 10.2 Å². The summed E-state index contributed by atoms with van der Waals surface area (Å²) in [5, 5.41) is 3.98. The molecule has 0 aliphatic rings. The second-order valence-corrected chi connectivity index (χ2v) is 12.5. The van der Waals surface area contributed by atoms with E-state index < -0.39 is 28.5 Å². The van der Waals surface area contributed by atoms with Gasteiger partial charge in [0, 0.05) is 27.7 Å². The third kappa shape index (κ3) is 7.66. The Morgan fingerprint density at radius 1 is 0.897 bits per heavy atom. The molecule has 0 spiro atoms. The van der Waals surface area contributed by atoms with Crippen LogP contribution in [0, 0.1) is 6.92 Å². The number of sulfonamides is 1. The van der Waals surface area contributed by atoms with Gasteiger partial charge in [-0.25, -0.2) is 8.42 Å². The van der Waals surface area contributed by atoms with Crippen LogP contribution in [0.3, 0.4) is 0 Å². The van der Waals surface area contributed by atoms with Crippen LogP contribution in [0.25, 0.3) is 0 Å². The van der Waals surface area contributed by atoms with Gasteiger partial charge in [0.2, 0.25) is 11.8 Å². The van der Waals surface area contributed by atoms with Crippen LogP contribution in [-0.2, 0) is 26.2 Å². The normalized spacial score (nSPS) is 12.2. The van der Waals surface area contributed by atoms with Gasteiger partial charge in [-0.1, -0.05) is 59.1 Å². The zero-order valence-electron chi connectivity index (χ0n) is 22.0. The minimum Gasteiger partial charge on any atom is -0.352 e. The highest BCUT2D eigenvalue weighted by molar-refractivity contribution is 7.92. The third-order valence-electron chi connectivity index (χ3n) is 5.99. The molecule has 0 aromatic heterocycles. The monoisotopic (exact) mass is 609 g/mol. The smallest absolute Gasteiger partial charge is 0.264 e. The van der Waals surface area contributed by atoms with E-state index in [-0.39, 0.29) is 23.4 Å². The molecule has 3 aromatic rings. The Morgan fingerprint density at radius 3 is 2.10 bits per heavy atom. The SMILES string of the molecule is Cc1cc(Cl)ccc1N(CC(=O)N(Cc1ccc(Cl)cc1Cl)[C@H](C)C(=O)NC(C)C)S(=O)(=O)c1ccccc1. The average molecular weight is 611 g/mol. The van der Waals surface area contributed by atoms with Gasteiger partial charge < -0.3 is 10.2 Å². The minimum absolute atomic E-state index is 0.0186. The third-order valence-corrected chi connectivity index (χ3v) is 8.59.